The predicted octanol–water partition coefficient (Wildman–Crippen LogP) is 4.96. The summed E-state index contributed by atoms with van der Waals surface area (Å²) >= 11 is 6.13. The van der Waals surface area contributed by atoms with Crippen LogP contribution in [0.4, 0.5) is 0 Å². The summed E-state index contributed by atoms with van der Waals surface area (Å²) < 4.78 is 0. The molecule has 0 aliphatic heterocycles. The van der Waals surface area contributed by atoms with Crippen LogP contribution in [-0.4, -0.2) is 65.2 Å². The van der Waals surface area contributed by atoms with E-state index in [4.69, 9.17) is 25.5 Å². The van der Waals surface area contributed by atoms with Crippen molar-refractivity contribution in [3.63, 3.8) is 0 Å². The van der Waals surface area contributed by atoms with E-state index in [9.17, 15) is 24.3 Å². The number of benzene rings is 2. The third-order valence-electron chi connectivity index (χ3n) is 5.18. The van der Waals surface area contributed by atoms with Gasteiger partial charge >= 0.3 is 23.9 Å². The first-order valence-corrected chi connectivity index (χ1v) is 13.3. The molecule has 0 heterocycles. The van der Waals surface area contributed by atoms with E-state index in [2.05, 4.69) is 31.9 Å². The largest absolute Gasteiger partial charge is 0.508 e. The molecular weight excluding hydrogens is 632 g/mol. The zero-order valence-electron chi connectivity index (χ0n) is 20.5. The molecule has 0 unspecified atom stereocenters. The van der Waals surface area contributed by atoms with E-state index in [1.54, 1.807) is 24.3 Å². The van der Waals surface area contributed by atoms with Crippen LogP contribution < -0.4 is 0 Å². The van der Waals surface area contributed by atoms with Gasteiger partial charge in [0, 0.05) is 27.7 Å². The van der Waals surface area contributed by atoms with Gasteiger partial charge in [0.25, 0.3) is 0 Å². The van der Waals surface area contributed by atoms with Crippen LogP contribution in [0, 0.1) is 5.92 Å². The quantitative estimate of drug-likeness (QED) is 0.109. The SMILES string of the molecule is CCC(CC(=O)O)(CC(=O)O)c1ccccc1.O=C(O)C(CBr)CBr.O=C(O)C=Cc1cc(O)ccc1O. The lowest BCUT2D eigenvalue weighted by molar-refractivity contribution is -0.142. The maximum absolute atomic E-state index is 10.9. The number of phenolic OH excluding ortho intramolecular Hbond substituents is 2. The molecule has 0 radical (unpaired) electrons. The van der Waals surface area contributed by atoms with E-state index in [1.165, 1.54) is 24.3 Å². The molecule has 0 bridgehead atoms. The summed E-state index contributed by atoms with van der Waals surface area (Å²) in [5.74, 6) is -4.22. The van der Waals surface area contributed by atoms with E-state index in [1.807, 2.05) is 13.0 Å². The normalized spacial score (nSPS) is 10.6. The molecule has 6 N–H and O–H groups in total. The summed E-state index contributed by atoms with van der Waals surface area (Å²) in [5, 5.41) is 53.8. The summed E-state index contributed by atoms with van der Waals surface area (Å²) in [5.41, 5.74) is 0.216. The Kier molecular flexibility index (Phi) is 16.4. The molecule has 0 atom stereocenters. The molecule has 0 aromatic heterocycles. The Hall–Kier alpha value is -3.38. The van der Waals surface area contributed by atoms with Crippen molar-refractivity contribution < 1.29 is 49.8 Å². The predicted molar refractivity (Wildman–Crippen MR) is 148 cm³/mol. The van der Waals surface area contributed by atoms with Crippen LogP contribution in [0.25, 0.3) is 6.08 Å². The molecule has 38 heavy (non-hydrogen) atoms. The molecule has 0 fully saturated rings. The third-order valence-corrected chi connectivity index (χ3v) is 6.74. The van der Waals surface area contributed by atoms with Crippen LogP contribution in [0.1, 0.15) is 37.3 Å². The second-order valence-corrected chi connectivity index (χ2v) is 9.19. The first-order chi connectivity index (χ1) is 17.8. The molecule has 2 rings (SSSR count). The maximum Gasteiger partial charge on any atom is 0.328 e. The number of hydrogen-bond acceptors (Lipinski definition) is 6. The summed E-state index contributed by atoms with van der Waals surface area (Å²) in [4.78, 5) is 42.1. The molecule has 0 amide bonds. The molecule has 0 saturated carbocycles. The molecule has 10 nitrogen and oxygen atoms in total. The maximum atomic E-state index is 10.9. The zero-order chi connectivity index (χ0) is 29.3. The number of aliphatic carboxylic acids is 4. The molecule has 2 aromatic rings. The van der Waals surface area contributed by atoms with Crippen LogP contribution in [0.3, 0.4) is 0 Å². The van der Waals surface area contributed by atoms with Crippen molar-refractivity contribution in [1.29, 1.82) is 0 Å². The Bertz CT molecular complexity index is 1070. The topological polar surface area (TPSA) is 190 Å². The van der Waals surface area contributed by atoms with Crippen molar-refractivity contribution in [3.8, 4) is 11.5 Å². The highest BCUT2D eigenvalue weighted by atomic mass is 79.9. The van der Waals surface area contributed by atoms with Crippen LogP contribution in [0.15, 0.2) is 54.6 Å². The second kappa shape index (κ2) is 18.0. The zero-order valence-corrected chi connectivity index (χ0v) is 23.6. The fourth-order valence-electron chi connectivity index (χ4n) is 3.10. The second-order valence-electron chi connectivity index (χ2n) is 7.90. The van der Waals surface area contributed by atoms with Gasteiger partial charge in [-0.05, 0) is 36.3 Å². The Morgan fingerprint density at radius 2 is 1.39 bits per heavy atom. The van der Waals surface area contributed by atoms with Crippen molar-refractivity contribution >= 4 is 61.8 Å². The number of aromatic hydroxyl groups is 2. The summed E-state index contributed by atoms with van der Waals surface area (Å²) in [6.07, 6.45) is 2.24. The average Bonchev–Trinajstić information content (AvgIpc) is 2.85. The minimum absolute atomic E-state index is 0.0251. The van der Waals surface area contributed by atoms with Crippen molar-refractivity contribution in [1.82, 2.24) is 0 Å². The monoisotopic (exact) mass is 660 g/mol. The van der Waals surface area contributed by atoms with E-state index < -0.39 is 29.3 Å². The third kappa shape index (κ3) is 13.2. The standard InChI is InChI=1S/C13H16O4.C9H8O4.C4H6Br2O2/c1-2-13(8-11(14)15,9-12(16)17)10-6-4-3-5-7-10;10-7-2-3-8(11)6(5-7)1-4-9(12)13;5-1-3(2-6)4(7)8/h3-7H,2,8-9H2,1H3,(H,14,15)(H,16,17);1-5,10-11H,(H,12,13);3H,1-2H2,(H,7,8). The van der Waals surface area contributed by atoms with Crippen LogP contribution >= 0.6 is 31.9 Å². The number of rotatable bonds is 11. The first kappa shape index (κ1) is 34.6. The number of phenols is 2. The smallest absolute Gasteiger partial charge is 0.328 e. The van der Waals surface area contributed by atoms with Crippen molar-refractivity contribution in [2.24, 2.45) is 5.92 Å². The molecule has 0 saturated heterocycles. The molecule has 208 valence electrons. The number of carboxylic acids is 4. The Morgan fingerprint density at radius 1 is 0.868 bits per heavy atom. The lowest BCUT2D eigenvalue weighted by atomic mass is 9.73. The van der Waals surface area contributed by atoms with Crippen molar-refractivity contribution in [3.05, 3.63) is 65.7 Å². The van der Waals surface area contributed by atoms with Gasteiger partial charge in [-0.2, -0.15) is 0 Å². The van der Waals surface area contributed by atoms with Crippen molar-refractivity contribution in [2.75, 3.05) is 10.7 Å². The van der Waals surface area contributed by atoms with E-state index in [0.29, 0.717) is 17.1 Å². The van der Waals surface area contributed by atoms with Crippen LogP contribution in [0.2, 0.25) is 0 Å². The number of alkyl halides is 2. The van der Waals surface area contributed by atoms with Crippen LogP contribution in [-0.2, 0) is 24.6 Å². The Labute approximate surface area is 236 Å². The van der Waals surface area contributed by atoms with Gasteiger partial charge in [-0.1, -0.05) is 69.1 Å². The Morgan fingerprint density at radius 3 is 1.76 bits per heavy atom. The van der Waals surface area contributed by atoms with Gasteiger partial charge in [0.2, 0.25) is 0 Å². The Balaban J connectivity index is 0.000000578. The molecule has 0 aliphatic carbocycles. The van der Waals surface area contributed by atoms with Crippen molar-refractivity contribution in [2.45, 2.75) is 31.6 Å². The molecule has 0 aliphatic rings. The fraction of sp³-hybridized carbons (Fsp3) is 0.308. The lowest BCUT2D eigenvalue weighted by Crippen LogP contribution is -2.31. The van der Waals surface area contributed by atoms with Gasteiger partial charge in [-0.25, -0.2) is 4.79 Å². The van der Waals surface area contributed by atoms with E-state index in [0.717, 1.165) is 11.6 Å². The summed E-state index contributed by atoms with van der Waals surface area (Å²) in [7, 11) is 0. The minimum Gasteiger partial charge on any atom is -0.508 e. The average molecular weight is 662 g/mol. The van der Waals surface area contributed by atoms with Gasteiger partial charge in [0.1, 0.15) is 11.5 Å². The fourth-order valence-corrected chi connectivity index (χ4v) is 4.73. The van der Waals surface area contributed by atoms with Gasteiger partial charge in [0.05, 0.1) is 18.8 Å². The molecule has 12 heteroatoms. The highest BCUT2D eigenvalue weighted by Gasteiger charge is 2.35. The minimum atomic E-state index is -1.11. The number of halogens is 2. The first-order valence-electron chi connectivity index (χ1n) is 11.1. The highest BCUT2D eigenvalue weighted by molar-refractivity contribution is 9.09. The van der Waals surface area contributed by atoms with Gasteiger partial charge in [-0.15, -0.1) is 0 Å². The summed E-state index contributed by atoms with van der Waals surface area (Å²) in [6.45, 7) is 1.82. The van der Waals surface area contributed by atoms with Crippen LogP contribution in [0.5, 0.6) is 11.5 Å². The lowest BCUT2D eigenvalue weighted by Gasteiger charge is -2.30. The van der Waals surface area contributed by atoms with Gasteiger partial charge in [-0.3, -0.25) is 14.4 Å². The summed E-state index contributed by atoms with van der Waals surface area (Å²) in [6, 6.07) is 12.9. The van der Waals surface area contributed by atoms with E-state index >= 15 is 0 Å². The van der Waals surface area contributed by atoms with Gasteiger partial charge in [0.15, 0.2) is 0 Å². The molecule has 0 spiro atoms. The van der Waals surface area contributed by atoms with Gasteiger partial charge < -0.3 is 30.6 Å². The van der Waals surface area contributed by atoms with E-state index in [-0.39, 0.29) is 35.8 Å². The highest BCUT2D eigenvalue weighted by Crippen LogP contribution is 2.35. The number of hydrogen-bond donors (Lipinski definition) is 6. The number of carbonyl (C=O) groups is 4. The molecule has 2 aromatic carbocycles. The number of carboxylic acid groups (broad SMARTS) is 4. The molecular formula is C26H30Br2O10.